The zero-order chi connectivity index (χ0) is 20.4. The molecule has 3 amide bonds. The Hall–Kier alpha value is -2.61. The molecule has 0 aromatic heterocycles. The van der Waals surface area contributed by atoms with E-state index in [9.17, 15) is 14.4 Å². The van der Waals surface area contributed by atoms with Crippen molar-refractivity contribution >= 4 is 23.4 Å². The number of hydrogen-bond acceptors (Lipinski definition) is 5. The number of nitrogens with one attached hydrogen (secondary N) is 1. The van der Waals surface area contributed by atoms with Crippen molar-refractivity contribution in [1.82, 2.24) is 9.80 Å². The Morgan fingerprint density at radius 3 is 2.76 bits per heavy atom. The lowest BCUT2D eigenvalue weighted by molar-refractivity contribution is -0.148. The minimum atomic E-state index is -0.602. The van der Waals surface area contributed by atoms with Crippen LogP contribution in [-0.4, -0.2) is 72.5 Å². The molecule has 3 heterocycles. The van der Waals surface area contributed by atoms with E-state index in [1.54, 1.807) is 4.90 Å². The number of carbonyl (C=O) groups is 3. The number of rotatable bonds is 3. The maximum Gasteiger partial charge on any atom is 0.249 e. The fourth-order valence-corrected chi connectivity index (χ4v) is 4.57. The van der Waals surface area contributed by atoms with Gasteiger partial charge in [0, 0.05) is 39.6 Å². The van der Waals surface area contributed by atoms with Gasteiger partial charge in [-0.1, -0.05) is 12.1 Å². The SMILES string of the molecule is COCC(=O)N1CCCC1C(=O)N1CCC2(CC1)CC(=O)Nc1ccccc1O2. The maximum atomic E-state index is 13.1. The standard InChI is InChI=1S/C21H27N3O5/c1-28-14-19(26)24-10-4-6-16(24)20(27)23-11-8-21(9-12-23)13-18(25)22-15-5-2-3-7-17(15)29-21/h2-3,5,7,16H,4,6,8-14H2,1H3,(H,22,25). The third-order valence-electron chi connectivity index (χ3n) is 6.08. The summed E-state index contributed by atoms with van der Waals surface area (Å²) in [5.74, 6) is 0.449. The van der Waals surface area contributed by atoms with Gasteiger partial charge in [0.05, 0.1) is 12.1 Å². The van der Waals surface area contributed by atoms with Crippen LogP contribution in [0.15, 0.2) is 24.3 Å². The van der Waals surface area contributed by atoms with E-state index < -0.39 is 11.6 Å². The second-order valence-corrected chi connectivity index (χ2v) is 8.01. The summed E-state index contributed by atoms with van der Waals surface area (Å²) in [6, 6.07) is 7.02. The summed E-state index contributed by atoms with van der Waals surface area (Å²) < 4.78 is 11.2. The van der Waals surface area contributed by atoms with Crippen molar-refractivity contribution in [3.8, 4) is 5.75 Å². The summed E-state index contributed by atoms with van der Waals surface area (Å²) in [6.07, 6.45) is 2.94. The molecule has 4 rings (SSSR count). The summed E-state index contributed by atoms with van der Waals surface area (Å²) in [6.45, 7) is 1.61. The van der Waals surface area contributed by atoms with Gasteiger partial charge in [0.2, 0.25) is 17.7 Å². The van der Waals surface area contributed by atoms with Gasteiger partial charge < -0.3 is 24.6 Å². The zero-order valence-electron chi connectivity index (χ0n) is 16.7. The van der Waals surface area contributed by atoms with E-state index in [0.29, 0.717) is 50.3 Å². The highest BCUT2D eigenvalue weighted by Crippen LogP contribution is 2.38. The lowest BCUT2D eigenvalue weighted by Gasteiger charge is -2.42. The number of para-hydroxylation sites is 2. The highest BCUT2D eigenvalue weighted by atomic mass is 16.5. The fraction of sp³-hybridized carbons (Fsp3) is 0.571. The molecular formula is C21H27N3O5. The van der Waals surface area contributed by atoms with Crippen LogP contribution in [0.1, 0.15) is 32.1 Å². The van der Waals surface area contributed by atoms with Gasteiger partial charge in [-0.3, -0.25) is 14.4 Å². The highest BCUT2D eigenvalue weighted by Gasteiger charge is 2.44. The highest BCUT2D eigenvalue weighted by molar-refractivity contribution is 5.94. The summed E-state index contributed by atoms with van der Waals surface area (Å²) in [4.78, 5) is 41.2. The predicted molar refractivity (Wildman–Crippen MR) is 105 cm³/mol. The van der Waals surface area contributed by atoms with E-state index in [4.69, 9.17) is 9.47 Å². The molecule has 2 saturated heterocycles. The van der Waals surface area contributed by atoms with Gasteiger partial charge in [-0.25, -0.2) is 0 Å². The second-order valence-electron chi connectivity index (χ2n) is 8.01. The number of piperidine rings is 1. The predicted octanol–water partition coefficient (Wildman–Crippen LogP) is 1.41. The monoisotopic (exact) mass is 401 g/mol. The zero-order valence-corrected chi connectivity index (χ0v) is 16.7. The topological polar surface area (TPSA) is 88.2 Å². The molecule has 1 N–H and O–H groups in total. The third kappa shape index (κ3) is 3.94. The Balaban J connectivity index is 1.43. The summed E-state index contributed by atoms with van der Waals surface area (Å²) in [5.41, 5.74) is 0.0838. The number of ether oxygens (including phenoxy) is 2. The molecule has 8 heteroatoms. The van der Waals surface area contributed by atoms with Crippen LogP contribution >= 0.6 is 0 Å². The van der Waals surface area contributed by atoms with Gasteiger partial charge in [0.15, 0.2) is 0 Å². The largest absolute Gasteiger partial charge is 0.484 e. The molecule has 3 aliphatic heterocycles. The second kappa shape index (κ2) is 8.02. The molecule has 0 saturated carbocycles. The van der Waals surface area contributed by atoms with Crippen LogP contribution in [0, 0.1) is 0 Å². The maximum absolute atomic E-state index is 13.1. The lowest BCUT2D eigenvalue weighted by Crippen LogP contribution is -2.55. The summed E-state index contributed by atoms with van der Waals surface area (Å²) in [5, 5.41) is 2.90. The number of likely N-dealkylation sites (tertiary alicyclic amines) is 2. The van der Waals surface area contributed by atoms with E-state index in [1.807, 2.05) is 29.2 Å². The molecule has 1 unspecified atom stereocenters. The molecule has 8 nitrogen and oxygen atoms in total. The normalized spacial score (nSPS) is 23.2. The van der Waals surface area contributed by atoms with Crippen molar-refractivity contribution < 1.29 is 23.9 Å². The van der Waals surface area contributed by atoms with Gasteiger partial charge in [-0.15, -0.1) is 0 Å². The number of fused-ring (bicyclic) bond motifs is 1. The van der Waals surface area contributed by atoms with Crippen molar-refractivity contribution in [3.63, 3.8) is 0 Å². The van der Waals surface area contributed by atoms with Crippen LogP contribution < -0.4 is 10.1 Å². The van der Waals surface area contributed by atoms with Crippen molar-refractivity contribution in [2.24, 2.45) is 0 Å². The van der Waals surface area contributed by atoms with Gasteiger partial charge in [0.25, 0.3) is 0 Å². The van der Waals surface area contributed by atoms with Gasteiger partial charge >= 0.3 is 0 Å². The molecule has 1 aromatic rings. The van der Waals surface area contributed by atoms with Crippen molar-refractivity contribution in [2.75, 3.05) is 38.7 Å². The minimum absolute atomic E-state index is 0.00471. The first kappa shape index (κ1) is 19.7. The smallest absolute Gasteiger partial charge is 0.249 e. The minimum Gasteiger partial charge on any atom is -0.484 e. The van der Waals surface area contributed by atoms with Crippen molar-refractivity contribution in [1.29, 1.82) is 0 Å². The fourth-order valence-electron chi connectivity index (χ4n) is 4.57. The Morgan fingerprint density at radius 2 is 2.00 bits per heavy atom. The van der Waals surface area contributed by atoms with Crippen LogP contribution in [0.2, 0.25) is 0 Å². The van der Waals surface area contributed by atoms with Crippen molar-refractivity contribution in [2.45, 2.75) is 43.7 Å². The molecule has 0 aliphatic carbocycles. The lowest BCUT2D eigenvalue weighted by atomic mass is 9.87. The average Bonchev–Trinajstić information content (AvgIpc) is 3.14. The first-order valence-corrected chi connectivity index (χ1v) is 10.2. The molecule has 0 radical (unpaired) electrons. The molecule has 156 valence electrons. The quantitative estimate of drug-likeness (QED) is 0.827. The van der Waals surface area contributed by atoms with E-state index in [2.05, 4.69) is 5.32 Å². The van der Waals surface area contributed by atoms with Gasteiger partial charge in [-0.05, 0) is 25.0 Å². The Kier molecular flexibility index (Phi) is 5.45. The van der Waals surface area contributed by atoms with E-state index in [-0.39, 0.29) is 30.7 Å². The molecular weight excluding hydrogens is 374 g/mol. The Labute approximate surface area is 170 Å². The third-order valence-corrected chi connectivity index (χ3v) is 6.08. The van der Waals surface area contributed by atoms with Gasteiger partial charge in [0.1, 0.15) is 24.0 Å². The first-order valence-electron chi connectivity index (χ1n) is 10.2. The molecule has 1 atom stereocenters. The molecule has 3 aliphatic rings. The van der Waals surface area contributed by atoms with Crippen molar-refractivity contribution in [3.05, 3.63) is 24.3 Å². The van der Waals surface area contributed by atoms with E-state index >= 15 is 0 Å². The Bertz CT molecular complexity index is 803. The molecule has 2 fully saturated rings. The van der Waals surface area contributed by atoms with Crippen LogP contribution in [0.25, 0.3) is 0 Å². The number of methoxy groups -OCH3 is 1. The number of anilines is 1. The summed E-state index contributed by atoms with van der Waals surface area (Å²) in [7, 11) is 1.48. The first-order chi connectivity index (χ1) is 14.0. The van der Waals surface area contributed by atoms with Crippen LogP contribution in [-0.2, 0) is 19.1 Å². The molecule has 1 aromatic carbocycles. The molecule has 0 bridgehead atoms. The van der Waals surface area contributed by atoms with Gasteiger partial charge in [-0.2, -0.15) is 0 Å². The van der Waals surface area contributed by atoms with E-state index in [1.165, 1.54) is 7.11 Å². The van der Waals surface area contributed by atoms with Crippen LogP contribution in [0.5, 0.6) is 5.75 Å². The Morgan fingerprint density at radius 1 is 1.24 bits per heavy atom. The molecule has 1 spiro atoms. The summed E-state index contributed by atoms with van der Waals surface area (Å²) >= 11 is 0. The number of amides is 3. The van der Waals surface area contributed by atoms with Crippen LogP contribution in [0.4, 0.5) is 5.69 Å². The molecule has 29 heavy (non-hydrogen) atoms. The number of carbonyl (C=O) groups excluding carboxylic acids is 3. The average molecular weight is 401 g/mol. The van der Waals surface area contributed by atoms with E-state index in [0.717, 1.165) is 6.42 Å². The number of benzene rings is 1. The number of nitrogens with zero attached hydrogens (tertiary/aromatic N) is 2. The van der Waals surface area contributed by atoms with Crippen LogP contribution in [0.3, 0.4) is 0 Å². The number of hydrogen-bond donors (Lipinski definition) is 1.